The minimum atomic E-state index is -0.729. The number of rotatable bonds is 10. The van der Waals surface area contributed by atoms with Crippen molar-refractivity contribution in [2.75, 3.05) is 13.2 Å². The summed E-state index contributed by atoms with van der Waals surface area (Å²) in [5, 5.41) is 17.7. The van der Waals surface area contributed by atoms with Crippen molar-refractivity contribution in [1.29, 1.82) is 5.41 Å². The fraction of sp³-hybridized carbons (Fsp3) is 0.727. The van der Waals surface area contributed by atoms with Crippen molar-refractivity contribution in [2.24, 2.45) is 51.8 Å². The van der Waals surface area contributed by atoms with E-state index in [0.717, 1.165) is 25.0 Å². The molecule has 4 saturated carbocycles. The topological polar surface area (TPSA) is 96.7 Å². The van der Waals surface area contributed by atoms with E-state index in [1.54, 1.807) is 6.92 Å². The summed E-state index contributed by atoms with van der Waals surface area (Å²) < 4.78 is 11.8. The first-order valence-corrected chi connectivity index (χ1v) is 14.9. The average molecular weight is 538 g/mol. The molecule has 5 aliphatic carbocycles. The Bertz CT molecular complexity index is 1110. The summed E-state index contributed by atoms with van der Waals surface area (Å²) in [6.45, 7) is 15.9. The van der Waals surface area contributed by atoms with Crippen molar-refractivity contribution in [1.82, 2.24) is 0 Å². The summed E-state index contributed by atoms with van der Waals surface area (Å²) in [6.07, 6.45) is 11.8. The number of carbonyl (C=O) groups is 2. The van der Waals surface area contributed by atoms with Crippen LogP contribution in [0.3, 0.4) is 0 Å². The molecule has 2 unspecified atom stereocenters. The maximum atomic E-state index is 13.6. The van der Waals surface area contributed by atoms with E-state index in [4.69, 9.17) is 14.9 Å². The highest BCUT2D eigenvalue weighted by Gasteiger charge is 2.78. The molecule has 39 heavy (non-hydrogen) atoms. The number of ketones is 1. The lowest BCUT2D eigenvalue weighted by molar-refractivity contribution is -0.144. The Morgan fingerprint density at radius 2 is 1.95 bits per heavy atom. The third-order valence-corrected chi connectivity index (χ3v) is 11.9. The first-order valence-electron chi connectivity index (χ1n) is 14.9. The molecule has 0 radical (unpaired) electrons. The van der Waals surface area contributed by atoms with Gasteiger partial charge in [-0.15, -0.1) is 0 Å². The van der Waals surface area contributed by atoms with Gasteiger partial charge in [0.2, 0.25) is 0 Å². The van der Waals surface area contributed by atoms with Crippen LogP contribution in [0, 0.1) is 57.2 Å². The summed E-state index contributed by atoms with van der Waals surface area (Å²) >= 11 is 0. The van der Waals surface area contributed by atoms with Crippen LogP contribution in [0.25, 0.3) is 0 Å². The number of hydrogen-bond acceptors (Lipinski definition) is 6. The number of carbonyl (C=O) groups excluding carboxylic acids is 2. The Balaban J connectivity index is 1.48. The molecule has 6 nitrogen and oxygen atoms in total. The monoisotopic (exact) mass is 537 g/mol. The van der Waals surface area contributed by atoms with Gasteiger partial charge < -0.3 is 20.0 Å². The highest BCUT2D eigenvalue weighted by atomic mass is 16.5. The number of allylic oxidation sites excluding steroid dienone is 3. The van der Waals surface area contributed by atoms with E-state index in [0.29, 0.717) is 41.1 Å². The van der Waals surface area contributed by atoms with Crippen LogP contribution >= 0.6 is 0 Å². The van der Waals surface area contributed by atoms with Crippen LogP contribution in [0.2, 0.25) is 0 Å². The molecule has 0 aromatic heterocycles. The Morgan fingerprint density at radius 1 is 1.21 bits per heavy atom. The van der Waals surface area contributed by atoms with E-state index >= 15 is 0 Å². The molecule has 5 rings (SSSR count). The smallest absolute Gasteiger partial charge is 0.302 e. The zero-order valence-electron chi connectivity index (χ0n) is 24.3. The SMILES string of the molecule is C=C(C)O[C@@H](C(=O)C(=C)CCO)[C@@H](C)[C@H]1[C@@H](COC(C)=O)CC2[C@@H]3CCC4CC(=N)C=C[C@@]45C[C@@]35CC[C@@]21C. The van der Waals surface area contributed by atoms with Gasteiger partial charge in [0.15, 0.2) is 11.9 Å². The van der Waals surface area contributed by atoms with Crippen LogP contribution in [0.4, 0.5) is 0 Å². The average Bonchev–Trinajstić information content (AvgIpc) is 3.45. The maximum Gasteiger partial charge on any atom is 0.302 e. The molecule has 0 amide bonds. The molecule has 0 saturated heterocycles. The zero-order chi connectivity index (χ0) is 28.3. The number of aliphatic hydroxyl groups is 1. The van der Waals surface area contributed by atoms with Gasteiger partial charge in [-0.2, -0.15) is 0 Å². The number of ether oxygens (including phenoxy) is 2. The number of fused-ring (bicyclic) bond motifs is 2. The second-order valence-corrected chi connectivity index (χ2v) is 13.8. The Labute approximate surface area is 233 Å². The lowest BCUT2D eigenvalue weighted by Crippen LogP contribution is -2.50. The number of esters is 1. The van der Waals surface area contributed by atoms with Gasteiger partial charge in [0, 0.05) is 25.2 Å². The van der Waals surface area contributed by atoms with E-state index < -0.39 is 6.10 Å². The van der Waals surface area contributed by atoms with Crippen LogP contribution < -0.4 is 0 Å². The third-order valence-electron chi connectivity index (χ3n) is 11.9. The quantitative estimate of drug-likeness (QED) is 0.201. The van der Waals surface area contributed by atoms with E-state index in [-0.39, 0.29) is 53.4 Å². The van der Waals surface area contributed by atoms with Crippen LogP contribution in [0.5, 0.6) is 0 Å². The number of nitrogens with one attached hydrogen (secondary N) is 1. The summed E-state index contributed by atoms with van der Waals surface area (Å²) in [5.74, 6) is 1.92. The minimum absolute atomic E-state index is 0.00285. The van der Waals surface area contributed by atoms with Crippen molar-refractivity contribution in [3.05, 3.63) is 36.6 Å². The predicted molar refractivity (Wildman–Crippen MR) is 151 cm³/mol. The van der Waals surface area contributed by atoms with Crippen molar-refractivity contribution >= 4 is 17.5 Å². The van der Waals surface area contributed by atoms with Crippen molar-refractivity contribution in [3.63, 3.8) is 0 Å². The molecule has 6 heteroatoms. The second kappa shape index (κ2) is 10.0. The van der Waals surface area contributed by atoms with Gasteiger partial charge in [0.05, 0.1) is 12.4 Å². The molecule has 0 bridgehead atoms. The van der Waals surface area contributed by atoms with Gasteiger partial charge in [-0.1, -0.05) is 33.1 Å². The van der Waals surface area contributed by atoms with Crippen molar-refractivity contribution < 1.29 is 24.2 Å². The summed E-state index contributed by atoms with van der Waals surface area (Å²) in [7, 11) is 0. The molecule has 0 aromatic rings. The van der Waals surface area contributed by atoms with E-state index in [2.05, 4.69) is 39.2 Å². The highest BCUT2D eigenvalue weighted by molar-refractivity contribution is 5.98. The molecule has 0 heterocycles. The standard InChI is InChI=1S/C33H47NO5/c1-19(2)39-30(29(37)20(3)10-14-35)21(4)28-23(17-38-22(5)36)15-27-26-8-7-24-16-25(34)9-11-32(24)18-33(26,32)13-12-31(27,28)6/h9,11,21,23-24,26-28,30,34-35H,1,3,7-8,10,12-18H2,2,4-6H3/t21-,23+,24?,26-,27?,28-,30+,31-,32+,33-/m0/s1. The van der Waals surface area contributed by atoms with Crippen LogP contribution in [0.1, 0.15) is 79.1 Å². The maximum absolute atomic E-state index is 13.6. The lowest BCUT2D eigenvalue weighted by atomic mass is 9.49. The van der Waals surface area contributed by atoms with Crippen molar-refractivity contribution in [3.8, 4) is 0 Å². The lowest BCUT2D eigenvalue weighted by Gasteiger charge is -2.55. The van der Waals surface area contributed by atoms with Gasteiger partial charge in [-0.25, -0.2) is 0 Å². The van der Waals surface area contributed by atoms with Gasteiger partial charge in [-0.3, -0.25) is 9.59 Å². The summed E-state index contributed by atoms with van der Waals surface area (Å²) in [5.41, 5.74) is 1.75. The molecule has 214 valence electrons. The van der Waals surface area contributed by atoms with Gasteiger partial charge in [-0.05, 0) is 116 Å². The summed E-state index contributed by atoms with van der Waals surface area (Å²) in [4.78, 5) is 25.5. The van der Waals surface area contributed by atoms with Crippen LogP contribution in [-0.2, 0) is 19.1 Å². The van der Waals surface area contributed by atoms with Gasteiger partial charge in [0.1, 0.15) is 0 Å². The fourth-order valence-electron chi connectivity index (χ4n) is 10.4. The molecular formula is C33H47NO5. The summed E-state index contributed by atoms with van der Waals surface area (Å²) in [6, 6.07) is 0. The van der Waals surface area contributed by atoms with E-state index in [1.807, 2.05) is 0 Å². The Morgan fingerprint density at radius 3 is 2.62 bits per heavy atom. The van der Waals surface area contributed by atoms with Crippen LogP contribution in [0.15, 0.2) is 36.6 Å². The number of hydrogen-bond donors (Lipinski definition) is 2. The first-order chi connectivity index (χ1) is 18.4. The Hall–Kier alpha value is -2.21. The number of Topliss-reactive ketones (excluding diaryl/α,β-unsaturated/α-hetero) is 1. The van der Waals surface area contributed by atoms with Gasteiger partial charge >= 0.3 is 5.97 Å². The molecule has 10 atom stereocenters. The molecule has 2 spiro atoms. The first kappa shape index (κ1) is 28.3. The molecule has 5 aliphatic rings. The molecule has 0 aromatic carbocycles. The molecule has 4 fully saturated rings. The van der Waals surface area contributed by atoms with E-state index in [9.17, 15) is 14.7 Å². The minimum Gasteiger partial charge on any atom is -0.487 e. The van der Waals surface area contributed by atoms with Crippen LogP contribution in [-0.4, -0.2) is 41.9 Å². The third kappa shape index (κ3) is 4.36. The van der Waals surface area contributed by atoms with Crippen molar-refractivity contribution in [2.45, 2.75) is 85.2 Å². The second-order valence-electron chi connectivity index (χ2n) is 13.8. The number of aliphatic hydroxyl groups excluding tert-OH is 1. The van der Waals surface area contributed by atoms with E-state index in [1.165, 1.54) is 32.6 Å². The zero-order valence-corrected chi connectivity index (χ0v) is 24.3. The highest BCUT2D eigenvalue weighted by Crippen LogP contribution is 2.84. The van der Waals surface area contributed by atoms with Gasteiger partial charge in [0.25, 0.3) is 0 Å². The molecular weight excluding hydrogens is 490 g/mol. The predicted octanol–water partition coefficient (Wildman–Crippen LogP) is 6.05. The fourth-order valence-corrected chi connectivity index (χ4v) is 10.4. The normalized spacial score (nSPS) is 41.3. The molecule has 0 aliphatic heterocycles. The Kier molecular flexibility index (Phi) is 7.27. The molecule has 2 N–H and O–H groups in total. The largest absolute Gasteiger partial charge is 0.487 e.